The summed E-state index contributed by atoms with van der Waals surface area (Å²) >= 11 is 6.57. The van der Waals surface area contributed by atoms with E-state index in [0.717, 1.165) is 10.9 Å². The van der Waals surface area contributed by atoms with Gasteiger partial charge in [0.15, 0.2) is 4.32 Å². The first-order valence-corrected chi connectivity index (χ1v) is 8.77. The topological polar surface area (TPSA) is 53.4 Å². The van der Waals surface area contributed by atoms with E-state index in [-0.39, 0.29) is 11.7 Å². The van der Waals surface area contributed by atoms with Gasteiger partial charge in [0.1, 0.15) is 5.75 Å². The molecule has 1 amide bonds. The van der Waals surface area contributed by atoms with E-state index in [9.17, 15) is 9.90 Å². The van der Waals surface area contributed by atoms with Gasteiger partial charge < -0.3 is 5.11 Å². The molecule has 0 unspecified atom stereocenters. The zero-order chi connectivity index (χ0) is 17.4. The van der Waals surface area contributed by atoms with Gasteiger partial charge in [-0.1, -0.05) is 54.3 Å². The van der Waals surface area contributed by atoms with Gasteiger partial charge in [-0.25, -0.2) is 4.98 Å². The van der Waals surface area contributed by atoms with E-state index in [1.54, 1.807) is 24.3 Å². The number of benzene rings is 2. The molecule has 0 spiro atoms. The van der Waals surface area contributed by atoms with Crippen molar-refractivity contribution in [1.29, 1.82) is 0 Å². The zero-order valence-corrected chi connectivity index (χ0v) is 14.6. The summed E-state index contributed by atoms with van der Waals surface area (Å²) in [6.07, 6.45) is 1.74. The van der Waals surface area contributed by atoms with Crippen LogP contribution in [0.3, 0.4) is 0 Å². The van der Waals surface area contributed by atoms with Crippen molar-refractivity contribution < 1.29 is 9.90 Å². The molecule has 0 atom stereocenters. The third kappa shape index (κ3) is 3.01. The van der Waals surface area contributed by atoms with Crippen LogP contribution in [-0.2, 0) is 4.79 Å². The van der Waals surface area contributed by atoms with Crippen molar-refractivity contribution in [2.45, 2.75) is 0 Å². The largest absolute Gasteiger partial charge is 0.508 e. The second-order valence-electron chi connectivity index (χ2n) is 5.47. The molecule has 4 rings (SSSR count). The van der Waals surface area contributed by atoms with Crippen LogP contribution in [0.5, 0.6) is 5.75 Å². The Balaban J connectivity index is 1.69. The molecule has 0 aliphatic carbocycles. The number of pyridine rings is 1. The lowest BCUT2D eigenvalue weighted by Gasteiger charge is -2.14. The molecule has 1 N–H and O–H groups in total. The molecule has 1 saturated heterocycles. The molecule has 25 heavy (non-hydrogen) atoms. The van der Waals surface area contributed by atoms with Gasteiger partial charge in [0.25, 0.3) is 5.91 Å². The molecule has 1 aromatic heterocycles. The van der Waals surface area contributed by atoms with E-state index < -0.39 is 0 Å². The lowest BCUT2D eigenvalue weighted by Crippen LogP contribution is -2.27. The minimum Gasteiger partial charge on any atom is -0.508 e. The Morgan fingerprint density at radius 3 is 2.76 bits per heavy atom. The first kappa shape index (κ1) is 15.8. The number of hydrogen-bond acceptors (Lipinski definition) is 5. The molecule has 4 nitrogen and oxygen atoms in total. The van der Waals surface area contributed by atoms with E-state index >= 15 is 0 Å². The predicted octanol–water partition coefficient (Wildman–Crippen LogP) is 4.35. The zero-order valence-electron chi connectivity index (χ0n) is 12.9. The summed E-state index contributed by atoms with van der Waals surface area (Å²) in [5.41, 5.74) is 2.13. The Morgan fingerprint density at radius 2 is 1.92 bits per heavy atom. The SMILES string of the molecule is O=C1/C(=C/c2ccc3ccccc3n2)SC(=S)N1c1cccc(O)c1. The van der Waals surface area contributed by atoms with Crippen molar-refractivity contribution in [3.8, 4) is 5.75 Å². The number of carbonyl (C=O) groups excluding carboxylic acids is 1. The molecular formula is C19H12N2O2S2. The summed E-state index contributed by atoms with van der Waals surface area (Å²) in [6.45, 7) is 0. The molecule has 1 fully saturated rings. The number of anilines is 1. The van der Waals surface area contributed by atoms with Crippen molar-refractivity contribution in [2.24, 2.45) is 0 Å². The van der Waals surface area contributed by atoms with E-state index in [1.165, 1.54) is 22.7 Å². The fourth-order valence-electron chi connectivity index (χ4n) is 2.62. The molecule has 3 aromatic rings. The van der Waals surface area contributed by atoms with Crippen LogP contribution >= 0.6 is 24.0 Å². The van der Waals surface area contributed by atoms with Crippen LogP contribution in [0, 0.1) is 0 Å². The van der Waals surface area contributed by atoms with Crippen molar-refractivity contribution in [2.75, 3.05) is 4.90 Å². The standard InChI is InChI=1S/C19H12N2O2S2/c22-15-6-3-5-14(11-15)21-18(23)17(25-19(21)24)10-13-9-8-12-4-1-2-7-16(12)20-13/h1-11,22H/b17-10-. The number of phenols is 1. The van der Waals surface area contributed by atoms with E-state index in [4.69, 9.17) is 12.2 Å². The number of aromatic hydroxyl groups is 1. The number of aromatic nitrogens is 1. The molecular weight excluding hydrogens is 352 g/mol. The normalized spacial score (nSPS) is 16.2. The monoisotopic (exact) mass is 364 g/mol. The smallest absolute Gasteiger partial charge is 0.270 e. The summed E-state index contributed by atoms with van der Waals surface area (Å²) in [4.78, 5) is 19.2. The van der Waals surface area contributed by atoms with Gasteiger partial charge in [-0.3, -0.25) is 9.69 Å². The molecule has 0 radical (unpaired) electrons. The Bertz CT molecular complexity index is 1050. The average Bonchev–Trinajstić information content (AvgIpc) is 2.88. The van der Waals surface area contributed by atoms with Crippen molar-refractivity contribution in [3.05, 3.63) is 71.3 Å². The fraction of sp³-hybridized carbons (Fsp3) is 0. The van der Waals surface area contributed by atoms with Gasteiger partial charge >= 0.3 is 0 Å². The number of para-hydroxylation sites is 1. The average molecular weight is 364 g/mol. The number of hydrogen-bond donors (Lipinski definition) is 1. The first-order chi connectivity index (χ1) is 12.1. The maximum absolute atomic E-state index is 12.7. The maximum atomic E-state index is 12.7. The van der Waals surface area contributed by atoms with Crippen LogP contribution in [0.2, 0.25) is 0 Å². The summed E-state index contributed by atoms with van der Waals surface area (Å²) in [7, 11) is 0. The van der Waals surface area contributed by atoms with Crippen LogP contribution in [0.15, 0.2) is 65.6 Å². The van der Waals surface area contributed by atoms with Gasteiger partial charge in [-0.05, 0) is 30.3 Å². The maximum Gasteiger partial charge on any atom is 0.270 e. The van der Waals surface area contributed by atoms with Crippen molar-refractivity contribution >= 4 is 56.9 Å². The van der Waals surface area contributed by atoms with Crippen LogP contribution < -0.4 is 4.90 Å². The number of thiocarbonyl (C=S) groups is 1. The van der Waals surface area contributed by atoms with Gasteiger partial charge in [-0.2, -0.15) is 0 Å². The third-order valence-electron chi connectivity index (χ3n) is 3.78. The van der Waals surface area contributed by atoms with E-state index in [2.05, 4.69) is 4.98 Å². The first-order valence-electron chi connectivity index (χ1n) is 7.54. The third-order valence-corrected chi connectivity index (χ3v) is 5.08. The van der Waals surface area contributed by atoms with Gasteiger partial charge in [-0.15, -0.1) is 0 Å². The van der Waals surface area contributed by atoms with E-state index in [0.29, 0.717) is 20.6 Å². The number of amides is 1. The number of nitrogens with zero attached hydrogens (tertiary/aromatic N) is 2. The minimum atomic E-state index is -0.212. The highest BCUT2D eigenvalue weighted by atomic mass is 32.2. The number of rotatable bonds is 2. The molecule has 2 aromatic carbocycles. The second-order valence-corrected chi connectivity index (χ2v) is 7.14. The molecule has 0 saturated carbocycles. The lowest BCUT2D eigenvalue weighted by atomic mass is 10.2. The van der Waals surface area contributed by atoms with Crippen molar-refractivity contribution in [1.82, 2.24) is 4.98 Å². The summed E-state index contributed by atoms with van der Waals surface area (Å²) in [5, 5.41) is 10.7. The highest BCUT2D eigenvalue weighted by molar-refractivity contribution is 8.27. The molecule has 1 aliphatic heterocycles. The quantitative estimate of drug-likeness (QED) is 0.541. The predicted molar refractivity (Wildman–Crippen MR) is 106 cm³/mol. The van der Waals surface area contributed by atoms with Gasteiger partial charge in [0.05, 0.1) is 21.8 Å². The summed E-state index contributed by atoms with van der Waals surface area (Å²) in [5.74, 6) is -0.123. The second kappa shape index (κ2) is 6.31. The van der Waals surface area contributed by atoms with Crippen molar-refractivity contribution in [3.63, 3.8) is 0 Å². The van der Waals surface area contributed by atoms with Crippen LogP contribution in [0.25, 0.3) is 17.0 Å². The van der Waals surface area contributed by atoms with E-state index in [1.807, 2.05) is 36.4 Å². The fourth-order valence-corrected chi connectivity index (χ4v) is 3.90. The van der Waals surface area contributed by atoms with Crippen LogP contribution in [-0.4, -0.2) is 20.3 Å². The number of fused-ring (bicyclic) bond motifs is 1. The molecule has 122 valence electrons. The summed E-state index contributed by atoms with van der Waals surface area (Å²) in [6, 6.07) is 18.2. The lowest BCUT2D eigenvalue weighted by molar-refractivity contribution is -0.113. The molecule has 0 bridgehead atoms. The number of phenolic OH excluding ortho intramolecular Hbond substituents is 1. The molecule has 6 heteroatoms. The highest BCUT2D eigenvalue weighted by Crippen LogP contribution is 2.36. The number of thioether (sulfide) groups is 1. The Labute approximate surface area is 153 Å². The minimum absolute atomic E-state index is 0.0896. The molecule has 2 heterocycles. The van der Waals surface area contributed by atoms with Gasteiger partial charge in [0.2, 0.25) is 0 Å². The van der Waals surface area contributed by atoms with Gasteiger partial charge in [0, 0.05) is 11.5 Å². The molecule has 1 aliphatic rings. The van der Waals surface area contributed by atoms with Crippen LogP contribution in [0.1, 0.15) is 5.69 Å². The highest BCUT2D eigenvalue weighted by Gasteiger charge is 2.33. The summed E-state index contributed by atoms with van der Waals surface area (Å²) < 4.78 is 0.433. The Kier molecular flexibility index (Phi) is 3.99. The Morgan fingerprint density at radius 1 is 1.08 bits per heavy atom. The Hall–Kier alpha value is -2.70. The number of carbonyl (C=O) groups is 1. The van der Waals surface area contributed by atoms with Crippen LogP contribution in [0.4, 0.5) is 5.69 Å².